The fourth-order valence-electron chi connectivity index (χ4n) is 0.605. The lowest BCUT2D eigenvalue weighted by molar-refractivity contribution is -0.418. The van der Waals surface area contributed by atoms with Gasteiger partial charge in [0.25, 0.3) is 5.70 Å². The van der Waals surface area contributed by atoms with Crippen LogP contribution in [0.1, 0.15) is 0 Å². The van der Waals surface area contributed by atoms with E-state index in [1.807, 2.05) is 0 Å². The molecule has 1 rings (SSSR count). The third-order valence-electron chi connectivity index (χ3n) is 1.02. The van der Waals surface area contributed by atoms with E-state index in [9.17, 15) is 10.1 Å². The fourth-order valence-corrected chi connectivity index (χ4v) is 0.605. The second-order valence-electron chi connectivity index (χ2n) is 1.70. The van der Waals surface area contributed by atoms with Crippen molar-refractivity contribution >= 4 is 0 Å². The largest absolute Gasteiger partial charge is 0.385 e. The van der Waals surface area contributed by atoms with Gasteiger partial charge in [-0.3, -0.25) is 10.1 Å². The summed E-state index contributed by atoms with van der Waals surface area (Å²) in [5.41, 5.74) is -0.0394. The van der Waals surface area contributed by atoms with E-state index in [0.29, 0.717) is 0 Å². The van der Waals surface area contributed by atoms with Crippen LogP contribution in [0.5, 0.6) is 0 Å². The summed E-state index contributed by atoms with van der Waals surface area (Å²) in [4.78, 5) is 9.39. The molecule has 0 aromatic heterocycles. The average Bonchev–Trinajstić information content (AvgIpc) is 2.14. The zero-order valence-corrected chi connectivity index (χ0v) is 4.52. The Morgan fingerprint density at radius 3 is 2.67 bits per heavy atom. The molecule has 0 spiro atoms. The van der Waals surface area contributed by atoms with Gasteiger partial charge in [-0.05, 0) is 6.08 Å². The maximum Gasteiger partial charge on any atom is 0.268 e. The maximum absolute atomic E-state index is 9.92. The molecule has 0 bridgehead atoms. The molecule has 0 saturated heterocycles. The molecular formula is C5H5NO3. The van der Waals surface area contributed by atoms with Crippen molar-refractivity contribution in [3.63, 3.8) is 0 Å². The third-order valence-corrected chi connectivity index (χ3v) is 1.02. The summed E-state index contributed by atoms with van der Waals surface area (Å²) in [5.74, 6) is 0. The predicted octanol–water partition coefficient (Wildman–Crippen LogP) is 0.0777. The van der Waals surface area contributed by atoms with E-state index in [1.165, 1.54) is 18.2 Å². The van der Waals surface area contributed by atoms with Crippen LogP contribution >= 0.6 is 0 Å². The molecule has 4 nitrogen and oxygen atoms in total. The summed E-state index contributed by atoms with van der Waals surface area (Å²) in [5, 5.41) is 18.6. The van der Waals surface area contributed by atoms with Crippen LogP contribution in [-0.4, -0.2) is 16.1 Å². The first-order valence-electron chi connectivity index (χ1n) is 2.42. The molecule has 0 heterocycles. The van der Waals surface area contributed by atoms with Gasteiger partial charge in [0.15, 0.2) is 0 Å². The molecule has 4 heteroatoms. The maximum atomic E-state index is 9.92. The van der Waals surface area contributed by atoms with E-state index in [2.05, 4.69) is 0 Å². The quantitative estimate of drug-likeness (QED) is 0.400. The highest BCUT2D eigenvalue weighted by molar-refractivity contribution is 5.24. The minimum atomic E-state index is -0.773. The Kier molecular flexibility index (Phi) is 1.32. The smallest absolute Gasteiger partial charge is 0.268 e. The molecule has 48 valence electrons. The van der Waals surface area contributed by atoms with E-state index in [0.717, 1.165) is 0 Å². The minimum Gasteiger partial charge on any atom is -0.385 e. The standard InChI is InChI=1S/C5H5NO3/c7-5-2-1-4(3-5)6(8)9/h1-3,5,7H. The molecule has 9 heavy (non-hydrogen) atoms. The van der Waals surface area contributed by atoms with Crippen LogP contribution in [0.15, 0.2) is 23.9 Å². The molecule has 1 N–H and O–H groups in total. The van der Waals surface area contributed by atoms with Gasteiger partial charge in [-0.15, -0.1) is 0 Å². The van der Waals surface area contributed by atoms with Gasteiger partial charge >= 0.3 is 0 Å². The monoisotopic (exact) mass is 127 g/mol. The number of aliphatic hydroxyl groups excluding tert-OH is 1. The second kappa shape index (κ2) is 1.99. The summed E-state index contributed by atoms with van der Waals surface area (Å²) in [6.45, 7) is 0. The van der Waals surface area contributed by atoms with Crippen LogP contribution < -0.4 is 0 Å². The van der Waals surface area contributed by atoms with Crippen LogP contribution in [0.25, 0.3) is 0 Å². The number of hydrogen-bond donors (Lipinski definition) is 1. The highest BCUT2D eigenvalue weighted by Crippen LogP contribution is 2.08. The molecule has 1 aliphatic rings. The van der Waals surface area contributed by atoms with Crippen molar-refractivity contribution in [2.75, 3.05) is 0 Å². The molecule has 0 aromatic rings. The predicted molar refractivity (Wildman–Crippen MR) is 30.2 cm³/mol. The van der Waals surface area contributed by atoms with Gasteiger partial charge in [0.2, 0.25) is 0 Å². The molecule has 0 fully saturated rings. The van der Waals surface area contributed by atoms with Crippen molar-refractivity contribution in [3.05, 3.63) is 34.0 Å². The van der Waals surface area contributed by atoms with Crippen molar-refractivity contribution in [1.82, 2.24) is 0 Å². The first-order chi connectivity index (χ1) is 4.20. The summed E-state index contributed by atoms with van der Waals surface area (Å²) in [7, 11) is 0. The highest BCUT2D eigenvalue weighted by Gasteiger charge is 2.13. The fraction of sp³-hybridized carbons (Fsp3) is 0.200. The minimum absolute atomic E-state index is 0.0394. The Bertz CT molecular complexity index is 194. The van der Waals surface area contributed by atoms with Crippen LogP contribution in [0.3, 0.4) is 0 Å². The van der Waals surface area contributed by atoms with Crippen LogP contribution in [0.2, 0.25) is 0 Å². The van der Waals surface area contributed by atoms with E-state index < -0.39 is 11.0 Å². The molecule has 1 aliphatic carbocycles. The molecule has 0 amide bonds. The lowest BCUT2D eigenvalue weighted by atomic mass is 10.4. The number of aliphatic hydroxyl groups is 1. The lowest BCUT2D eigenvalue weighted by Gasteiger charge is -1.85. The van der Waals surface area contributed by atoms with Crippen LogP contribution in [0, 0.1) is 10.1 Å². The number of nitrogens with zero attached hydrogens (tertiary/aromatic N) is 1. The summed E-state index contributed by atoms with van der Waals surface area (Å²) < 4.78 is 0. The molecule has 0 radical (unpaired) electrons. The first kappa shape index (κ1) is 5.97. The Balaban J connectivity index is 2.75. The summed E-state index contributed by atoms with van der Waals surface area (Å²) in [6.07, 6.45) is 3.05. The van der Waals surface area contributed by atoms with E-state index in [4.69, 9.17) is 5.11 Å². The zero-order chi connectivity index (χ0) is 6.85. The second-order valence-corrected chi connectivity index (χ2v) is 1.70. The number of allylic oxidation sites excluding steroid dienone is 1. The molecule has 1 unspecified atom stereocenters. The van der Waals surface area contributed by atoms with Gasteiger partial charge in [-0.1, -0.05) is 0 Å². The summed E-state index contributed by atoms with van der Waals surface area (Å²) in [6, 6.07) is 0. The number of hydrogen-bond acceptors (Lipinski definition) is 3. The Morgan fingerprint density at radius 1 is 1.78 bits per heavy atom. The molecule has 0 aliphatic heterocycles. The Labute approximate surface area is 51.3 Å². The van der Waals surface area contributed by atoms with Gasteiger partial charge in [-0.25, -0.2) is 0 Å². The third kappa shape index (κ3) is 1.14. The lowest BCUT2D eigenvalue weighted by Crippen LogP contribution is -1.95. The Hall–Kier alpha value is -1.16. The number of nitro groups is 1. The van der Waals surface area contributed by atoms with Gasteiger partial charge in [0.1, 0.15) is 0 Å². The van der Waals surface area contributed by atoms with Crippen molar-refractivity contribution in [3.8, 4) is 0 Å². The van der Waals surface area contributed by atoms with Crippen molar-refractivity contribution in [2.45, 2.75) is 6.10 Å². The van der Waals surface area contributed by atoms with Crippen LogP contribution in [-0.2, 0) is 0 Å². The van der Waals surface area contributed by atoms with E-state index in [1.54, 1.807) is 0 Å². The van der Waals surface area contributed by atoms with E-state index in [-0.39, 0.29) is 5.70 Å². The first-order valence-corrected chi connectivity index (χ1v) is 2.42. The topological polar surface area (TPSA) is 63.4 Å². The molecule has 0 saturated carbocycles. The SMILES string of the molecule is O=[N+]([O-])C1=CC(O)C=C1. The Morgan fingerprint density at radius 2 is 2.44 bits per heavy atom. The average molecular weight is 127 g/mol. The molecular weight excluding hydrogens is 122 g/mol. The van der Waals surface area contributed by atoms with E-state index >= 15 is 0 Å². The van der Waals surface area contributed by atoms with Gasteiger partial charge in [0, 0.05) is 12.2 Å². The van der Waals surface area contributed by atoms with Gasteiger partial charge < -0.3 is 5.11 Å². The van der Waals surface area contributed by atoms with Crippen LogP contribution in [0.4, 0.5) is 0 Å². The zero-order valence-electron chi connectivity index (χ0n) is 4.52. The highest BCUT2D eigenvalue weighted by atomic mass is 16.6. The van der Waals surface area contributed by atoms with Crippen molar-refractivity contribution in [2.24, 2.45) is 0 Å². The van der Waals surface area contributed by atoms with Gasteiger partial charge in [-0.2, -0.15) is 0 Å². The number of rotatable bonds is 1. The normalized spacial score (nSPS) is 24.1. The van der Waals surface area contributed by atoms with Crippen molar-refractivity contribution in [1.29, 1.82) is 0 Å². The van der Waals surface area contributed by atoms with Gasteiger partial charge in [0.05, 0.1) is 11.0 Å². The van der Waals surface area contributed by atoms with Crippen molar-refractivity contribution < 1.29 is 10.0 Å². The molecule has 0 aromatic carbocycles. The summed E-state index contributed by atoms with van der Waals surface area (Å²) >= 11 is 0. The molecule has 1 atom stereocenters.